The topological polar surface area (TPSA) is 9.23 Å². The van der Waals surface area contributed by atoms with Crippen molar-refractivity contribution in [3.8, 4) is 0 Å². The van der Waals surface area contributed by atoms with Gasteiger partial charge in [0, 0.05) is 11.9 Å². The van der Waals surface area contributed by atoms with Crippen molar-refractivity contribution in [3.63, 3.8) is 0 Å². The summed E-state index contributed by atoms with van der Waals surface area (Å²) in [7, 11) is 0. The maximum absolute atomic E-state index is 5.17. The van der Waals surface area contributed by atoms with Gasteiger partial charge in [-0.25, -0.2) is 0 Å². The van der Waals surface area contributed by atoms with Crippen molar-refractivity contribution in [3.05, 3.63) is 0 Å². The molecule has 1 nitrogen and oxygen atoms in total. The fourth-order valence-electron chi connectivity index (χ4n) is 0.365. The van der Waals surface area contributed by atoms with Crippen molar-refractivity contribution in [1.29, 1.82) is 0 Å². The van der Waals surface area contributed by atoms with Crippen LogP contribution in [0.25, 0.3) is 0 Å². The molecule has 1 unspecified atom stereocenters. The van der Waals surface area contributed by atoms with E-state index in [9.17, 15) is 0 Å². The van der Waals surface area contributed by atoms with E-state index in [0.717, 1.165) is 17.8 Å². The molecule has 1 atom stereocenters. The summed E-state index contributed by atoms with van der Waals surface area (Å²) in [6.45, 7) is 7.29. The van der Waals surface area contributed by atoms with Crippen LogP contribution in [0.1, 0.15) is 27.2 Å². The standard InChI is InChI=1S/C7H16OS/c1-4-7(3)9-6-8-5-2/h7H,4-6H2,1-3H3. The number of rotatable bonds is 5. The van der Waals surface area contributed by atoms with Gasteiger partial charge in [0.15, 0.2) is 0 Å². The average Bonchev–Trinajstić information content (AvgIpc) is 1.89. The largest absolute Gasteiger partial charge is 0.371 e. The quantitative estimate of drug-likeness (QED) is 0.437. The van der Waals surface area contributed by atoms with Crippen molar-refractivity contribution in [2.75, 3.05) is 12.5 Å². The van der Waals surface area contributed by atoms with Crippen LogP contribution < -0.4 is 0 Å². The lowest BCUT2D eigenvalue weighted by Gasteiger charge is -2.06. The number of hydrogen-bond acceptors (Lipinski definition) is 2. The maximum atomic E-state index is 5.17. The lowest BCUT2D eigenvalue weighted by molar-refractivity contribution is 0.199. The van der Waals surface area contributed by atoms with E-state index in [0.29, 0.717) is 0 Å². The van der Waals surface area contributed by atoms with Crippen molar-refractivity contribution in [1.82, 2.24) is 0 Å². The van der Waals surface area contributed by atoms with E-state index in [-0.39, 0.29) is 0 Å². The Hall–Kier alpha value is 0.310. The Bertz CT molecular complexity index is 56.9. The predicted octanol–water partition coefficient (Wildman–Crippen LogP) is 2.51. The zero-order chi connectivity index (χ0) is 7.11. The van der Waals surface area contributed by atoms with E-state index >= 15 is 0 Å². The van der Waals surface area contributed by atoms with Gasteiger partial charge in [-0.05, 0) is 13.3 Å². The SMILES string of the molecule is CCOCSC(C)CC. The van der Waals surface area contributed by atoms with Crippen LogP contribution in [0.3, 0.4) is 0 Å². The molecule has 56 valence electrons. The van der Waals surface area contributed by atoms with Crippen LogP contribution in [0.2, 0.25) is 0 Å². The zero-order valence-corrected chi connectivity index (χ0v) is 7.33. The highest BCUT2D eigenvalue weighted by Crippen LogP contribution is 2.12. The summed E-state index contributed by atoms with van der Waals surface area (Å²) in [4.78, 5) is 0. The second-order valence-electron chi connectivity index (χ2n) is 2.00. The monoisotopic (exact) mass is 148 g/mol. The summed E-state index contributed by atoms with van der Waals surface area (Å²) in [5.41, 5.74) is 0. The van der Waals surface area contributed by atoms with Gasteiger partial charge in [0.05, 0.1) is 5.94 Å². The van der Waals surface area contributed by atoms with Crippen LogP contribution in [-0.2, 0) is 4.74 Å². The molecule has 0 radical (unpaired) electrons. The molecule has 0 aliphatic rings. The van der Waals surface area contributed by atoms with Gasteiger partial charge in [0.1, 0.15) is 0 Å². The average molecular weight is 148 g/mol. The number of ether oxygens (including phenoxy) is 1. The Morgan fingerprint density at radius 1 is 1.44 bits per heavy atom. The molecule has 0 heterocycles. The molecule has 0 spiro atoms. The van der Waals surface area contributed by atoms with Crippen LogP contribution >= 0.6 is 11.8 Å². The third-order valence-electron chi connectivity index (χ3n) is 1.21. The Kier molecular flexibility index (Phi) is 6.65. The van der Waals surface area contributed by atoms with Gasteiger partial charge >= 0.3 is 0 Å². The van der Waals surface area contributed by atoms with Gasteiger partial charge in [-0.1, -0.05) is 13.8 Å². The van der Waals surface area contributed by atoms with E-state index in [1.165, 1.54) is 6.42 Å². The summed E-state index contributed by atoms with van der Waals surface area (Å²) in [5.74, 6) is 0.853. The smallest absolute Gasteiger partial charge is 0.0923 e. The Balaban J connectivity index is 2.88. The minimum Gasteiger partial charge on any atom is -0.371 e. The van der Waals surface area contributed by atoms with Crippen LogP contribution in [-0.4, -0.2) is 17.8 Å². The van der Waals surface area contributed by atoms with Crippen LogP contribution in [0.5, 0.6) is 0 Å². The fraction of sp³-hybridized carbons (Fsp3) is 1.00. The van der Waals surface area contributed by atoms with Gasteiger partial charge in [-0.15, -0.1) is 11.8 Å². The molecule has 0 aliphatic carbocycles. The van der Waals surface area contributed by atoms with Crippen LogP contribution in [0.15, 0.2) is 0 Å². The molecule has 0 saturated heterocycles. The molecular formula is C7H16OS. The van der Waals surface area contributed by atoms with Crippen molar-refractivity contribution in [2.24, 2.45) is 0 Å². The summed E-state index contributed by atoms with van der Waals surface area (Å²) < 4.78 is 5.17. The highest BCUT2D eigenvalue weighted by molar-refractivity contribution is 7.99. The first-order chi connectivity index (χ1) is 4.31. The third kappa shape index (κ3) is 6.19. The molecule has 0 aliphatic heterocycles. The molecule has 0 amide bonds. The number of hydrogen-bond donors (Lipinski definition) is 0. The molecule has 9 heavy (non-hydrogen) atoms. The van der Waals surface area contributed by atoms with Crippen LogP contribution in [0.4, 0.5) is 0 Å². The fourth-order valence-corrected chi connectivity index (χ4v) is 1.10. The molecule has 0 bridgehead atoms. The molecule has 0 N–H and O–H groups in total. The first-order valence-corrected chi connectivity index (χ1v) is 4.55. The van der Waals surface area contributed by atoms with Gasteiger partial charge in [0.2, 0.25) is 0 Å². The molecule has 2 heteroatoms. The maximum Gasteiger partial charge on any atom is 0.0923 e. The lowest BCUT2D eigenvalue weighted by Crippen LogP contribution is -1.97. The van der Waals surface area contributed by atoms with Gasteiger partial charge in [0.25, 0.3) is 0 Å². The van der Waals surface area contributed by atoms with Crippen LogP contribution in [0, 0.1) is 0 Å². The Morgan fingerprint density at radius 3 is 2.56 bits per heavy atom. The number of thioether (sulfide) groups is 1. The van der Waals surface area contributed by atoms with E-state index in [1.807, 2.05) is 18.7 Å². The molecule has 0 aromatic heterocycles. The summed E-state index contributed by atoms with van der Waals surface area (Å²) in [6.07, 6.45) is 1.23. The lowest BCUT2D eigenvalue weighted by atomic mass is 10.4. The highest BCUT2D eigenvalue weighted by Gasteiger charge is 1.96. The second-order valence-corrected chi connectivity index (χ2v) is 3.37. The van der Waals surface area contributed by atoms with E-state index < -0.39 is 0 Å². The first kappa shape index (κ1) is 9.31. The molecule has 0 saturated carbocycles. The molecule has 0 fully saturated rings. The molecule has 0 aromatic rings. The van der Waals surface area contributed by atoms with Gasteiger partial charge in [-0.2, -0.15) is 0 Å². The van der Waals surface area contributed by atoms with Crippen molar-refractivity contribution >= 4 is 11.8 Å². The van der Waals surface area contributed by atoms with Crippen molar-refractivity contribution in [2.45, 2.75) is 32.4 Å². The van der Waals surface area contributed by atoms with E-state index in [1.54, 1.807) is 0 Å². The minimum atomic E-state index is 0.747. The summed E-state index contributed by atoms with van der Waals surface area (Å²) in [5, 5.41) is 0.747. The summed E-state index contributed by atoms with van der Waals surface area (Å²) >= 11 is 1.88. The third-order valence-corrected chi connectivity index (χ3v) is 2.42. The summed E-state index contributed by atoms with van der Waals surface area (Å²) in [6, 6.07) is 0. The molecular weight excluding hydrogens is 132 g/mol. The van der Waals surface area contributed by atoms with E-state index in [4.69, 9.17) is 4.74 Å². The first-order valence-electron chi connectivity index (χ1n) is 3.50. The van der Waals surface area contributed by atoms with E-state index in [2.05, 4.69) is 13.8 Å². The normalized spacial score (nSPS) is 13.7. The highest BCUT2D eigenvalue weighted by atomic mass is 32.2. The minimum absolute atomic E-state index is 0.747. The van der Waals surface area contributed by atoms with Gasteiger partial charge in [-0.3, -0.25) is 0 Å². The van der Waals surface area contributed by atoms with Crippen molar-refractivity contribution < 1.29 is 4.74 Å². The predicted molar refractivity (Wildman–Crippen MR) is 43.8 cm³/mol. The molecule has 0 rings (SSSR count). The Labute approximate surface area is 62.2 Å². The molecule has 0 aromatic carbocycles. The van der Waals surface area contributed by atoms with Gasteiger partial charge < -0.3 is 4.74 Å². The zero-order valence-electron chi connectivity index (χ0n) is 6.52. The second kappa shape index (κ2) is 6.43. The Morgan fingerprint density at radius 2 is 2.11 bits per heavy atom.